The minimum absolute atomic E-state index is 0.0984. The SMILES string of the molecule is Cn1c(=O)c2c(n3c4ccccc4nc13)NC(=O)C[C@@H]2c1ccccc1. The molecule has 0 saturated heterocycles. The number of para-hydroxylation sites is 2. The molecule has 1 N–H and O–H groups in total. The molecule has 0 fully saturated rings. The number of aromatic nitrogens is 3. The van der Waals surface area contributed by atoms with Crippen LogP contribution in [0.3, 0.4) is 0 Å². The van der Waals surface area contributed by atoms with Gasteiger partial charge < -0.3 is 5.32 Å². The standard InChI is InChI=1S/C20H16N4O2/c1-23-19(26)17-13(12-7-3-2-4-8-12)11-16(25)22-18(17)24-15-10-6-5-9-14(15)21-20(23)24/h2-10,13H,11H2,1H3,(H,22,25)/t13-/m1/s1. The maximum absolute atomic E-state index is 13.2. The maximum Gasteiger partial charge on any atom is 0.260 e. The van der Waals surface area contributed by atoms with E-state index < -0.39 is 0 Å². The normalized spacial score (nSPS) is 16.7. The first-order valence-corrected chi connectivity index (χ1v) is 8.50. The van der Waals surface area contributed by atoms with Gasteiger partial charge >= 0.3 is 0 Å². The molecule has 3 heterocycles. The molecule has 4 aromatic rings. The summed E-state index contributed by atoms with van der Waals surface area (Å²) in [6.45, 7) is 0. The second-order valence-corrected chi connectivity index (χ2v) is 6.58. The van der Waals surface area contributed by atoms with E-state index in [0.717, 1.165) is 16.6 Å². The molecular weight excluding hydrogens is 328 g/mol. The summed E-state index contributed by atoms with van der Waals surface area (Å²) < 4.78 is 3.44. The molecule has 0 spiro atoms. The number of benzene rings is 2. The Kier molecular flexibility index (Phi) is 3.03. The van der Waals surface area contributed by atoms with Crippen molar-refractivity contribution in [3.63, 3.8) is 0 Å². The van der Waals surface area contributed by atoms with E-state index >= 15 is 0 Å². The number of carbonyl (C=O) groups is 1. The Morgan fingerprint density at radius 2 is 1.77 bits per heavy atom. The van der Waals surface area contributed by atoms with E-state index in [0.29, 0.717) is 17.2 Å². The third-order valence-corrected chi connectivity index (χ3v) is 5.05. The Morgan fingerprint density at radius 1 is 1.04 bits per heavy atom. The lowest BCUT2D eigenvalue weighted by atomic mass is 9.87. The van der Waals surface area contributed by atoms with Crippen molar-refractivity contribution in [1.82, 2.24) is 14.0 Å². The molecule has 0 radical (unpaired) electrons. The predicted octanol–water partition coefficient (Wildman–Crippen LogP) is 2.66. The zero-order valence-corrected chi connectivity index (χ0v) is 14.1. The molecule has 2 aromatic carbocycles. The third kappa shape index (κ3) is 1.95. The number of nitrogens with zero attached hydrogens (tertiary/aromatic N) is 3. The van der Waals surface area contributed by atoms with Gasteiger partial charge in [0, 0.05) is 19.4 Å². The smallest absolute Gasteiger partial charge is 0.260 e. The lowest BCUT2D eigenvalue weighted by Gasteiger charge is -2.26. The quantitative estimate of drug-likeness (QED) is 0.577. The molecule has 2 aromatic heterocycles. The van der Waals surface area contributed by atoms with E-state index in [1.807, 2.05) is 59.0 Å². The third-order valence-electron chi connectivity index (χ3n) is 5.05. The number of rotatable bonds is 1. The van der Waals surface area contributed by atoms with Gasteiger partial charge in [0.25, 0.3) is 5.56 Å². The summed E-state index contributed by atoms with van der Waals surface area (Å²) in [7, 11) is 1.72. The highest BCUT2D eigenvalue weighted by Gasteiger charge is 2.32. The molecule has 128 valence electrons. The van der Waals surface area contributed by atoms with Crippen LogP contribution in [0.25, 0.3) is 16.8 Å². The molecule has 5 rings (SSSR count). The molecule has 1 atom stereocenters. The number of aryl methyl sites for hydroxylation is 1. The van der Waals surface area contributed by atoms with Crippen LogP contribution in [-0.4, -0.2) is 19.9 Å². The van der Waals surface area contributed by atoms with Gasteiger partial charge in [-0.1, -0.05) is 42.5 Å². The minimum atomic E-state index is -0.274. The van der Waals surface area contributed by atoms with Crippen molar-refractivity contribution in [3.8, 4) is 0 Å². The van der Waals surface area contributed by atoms with Gasteiger partial charge in [-0.05, 0) is 17.7 Å². The first kappa shape index (κ1) is 14.9. The van der Waals surface area contributed by atoms with Crippen molar-refractivity contribution in [1.29, 1.82) is 0 Å². The number of fused-ring (bicyclic) bond motifs is 5. The largest absolute Gasteiger partial charge is 0.311 e. The Labute approximate surface area is 148 Å². The molecule has 0 aliphatic carbocycles. The van der Waals surface area contributed by atoms with Crippen LogP contribution in [-0.2, 0) is 11.8 Å². The average Bonchev–Trinajstić information content (AvgIpc) is 3.06. The van der Waals surface area contributed by atoms with Gasteiger partial charge in [0.15, 0.2) is 0 Å². The zero-order chi connectivity index (χ0) is 17.8. The van der Waals surface area contributed by atoms with Gasteiger partial charge in [-0.15, -0.1) is 0 Å². The van der Waals surface area contributed by atoms with Gasteiger partial charge in [-0.3, -0.25) is 18.6 Å². The van der Waals surface area contributed by atoms with Crippen LogP contribution >= 0.6 is 0 Å². The first-order valence-electron chi connectivity index (χ1n) is 8.50. The average molecular weight is 344 g/mol. The molecule has 1 aliphatic rings. The van der Waals surface area contributed by atoms with Gasteiger partial charge in [0.05, 0.1) is 16.6 Å². The molecule has 0 bridgehead atoms. The minimum Gasteiger partial charge on any atom is -0.311 e. The molecule has 26 heavy (non-hydrogen) atoms. The fourth-order valence-electron chi connectivity index (χ4n) is 3.83. The number of hydrogen-bond donors (Lipinski definition) is 1. The van der Waals surface area contributed by atoms with Crippen LogP contribution in [0.2, 0.25) is 0 Å². The summed E-state index contributed by atoms with van der Waals surface area (Å²) in [5.41, 5.74) is 3.09. The lowest BCUT2D eigenvalue weighted by Crippen LogP contribution is -2.35. The number of anilines is 1. The molecule has 0 saturated carbocycles. The van der Waals surface area contributed by atoms with Crippen LogP contribution in [0, 0.1) is 0 Å². The van der Waals surface area contributed by atoms with Crippen molar-refractivity contribution in [2.24, 2.45) is 7.05 Å². The van der Waals surface area contributed by atoms with Gasteiger partial charge in [0.2, 0.25) is 11.7 Å². The summed E-state index contributed by atoms with van der Waals surface area (Å²) in [5.74, 6) is 0.675. The second-order valence-electron chi connectivity index (χ2n) is 6.58. The van der Waals surface area contributed by atoms with E-state index in [9.17, 15) is 9.59 Å². The summed E-state index contributed by atoms with van der Waals surface area (Å²) >= 11 is 0. The highest BCUT2D eigenvalue weighted by Crippen LogP contribution is 2.36. The van der Waals surface area contributed by atoms with Crippen LogP contribution in [0.1, 0.15) is 23.5 Å². The van der Waals surface area contributed by atoms with Crippen molar-refractivity contribution in [3.05, 3.63) is 76.1 Å². The van der Waals surface area contributed by atoms with Crippen molar-refractivity contribution < 1.29 is 4.79 Å². The van der Waals surface area contributed by atoms with E-state index in [1.54, 1.807) is 11.6 Å². The van der Waals surface area contributed by atoms with E-state index in [2.05, 4.69) is 10.3 Å². The predicted molar refractivity (Wildman–Crippen MR) is 99.5 cm³/mol. The van der Waals surface area contributed by atoms with Crippen molar-refractivity contribution >= 4 is 28.5 Å². The lowest BCUT2D eigenvalue weighted by molar-refractivity contribution is -0.116. The van der Waals surface area contributed by atoms with Crippen molar-refractivity contribution in [2.45, 2.75) is 12.3 Å². The molecule has 6 heteroatoms. The number of amides is 1. The van der Waals surface area contributed by atoms with Gasteiger partial charge in [-0.25, -0.2) is 4.98 Å². The second kappa shape index (κ2) is 5.29. The van der Waals surface area contributed by atoms with Gasteiger partial charge in [-0.2, -0.15) is 0 Å². The highest BCUT2D eigenvalue weighted by molar-refractivity contribution is 5.96. The number of carbonyl (C=O) groups excluding carboxylic acids is 1. The summed E-state index contributed by atoms with van der Waals surface area (Å²) in [6.07, 6.45) is 0.254. The van der Waals surface area contributed by atoms with E-state index in [1.165, 1.54) is 0 Å². The summed E-state index contributed by atoms with van der Waals surface area (Å²) in [6, 6.07) is 17.4. The van der Waals surface area contributed by atoms with Crippen LogP contribution in [0.15, 0.2) is 59.4 Å². The van der Waals surface area contributed by atoms with Crippen molar-refractivity contribution in [2.75, 3.05) is 5.32 Å². The zero-order valence-electron chi connectivity index (χ0n) is 14.1. The van der Waals surface area contributed by atoms with Crippen LogP contribution < -0.4 is 10.9 Å². The monoisotopic (exact) mass is 344 g/mol. The Morgan fingerprint density at radius 3 is 2.58 bits per heavy atom. The molecule has 1 amide bonds. The highest BCUT2D eigenvalue weighted by atomic mass is 16.2. The van der Waals surface area contributed by atoms with E-state index in [-0.39, 0.29) is 23.8 Å². The fraction of sp³-hybridized carbons (Fsp3) is 0.150. The summed E-state index contributed by atoms with van der Waals surface area (Å²) in [5, 5.41) is 2.92. The number of imidazole rings is 1. The molecule has 1 aliphatic heterocycles. The molecule has 6 nitrogen and oxygen atoms in total. The van der Waals surface area contributed by atoms with E-state index in [4.69, 9.17) is 0 Å². The number of nitrogens with one attached hydrogen (secondary N) is 1. The first-order chi connectivity index (χ1) is 12.6. The maximum atomic E-state index is 13.2. The number of hydrogen-bond acceptors (Lipinski definition) is 3. The fourth-order valence-corrected chi connectivity index (χ4v) is 3.83. The van der Waals surface area contributed by atoms with Crippen LogP contribution in [0.5, 0.6) is 0 Å². The summed E-state index contributed by atoms with van der Waals surface area (Å²) in [4.78, 5) is 30.2. The Balaban J connectivity index is 1.94. The van der Waals surface area contributed by atoms with Gasteiger partial charge in [0.1, 0.15) is 5.82 Å². The molecule has 0 unspecified atom stereocenters. The topological polar surface area (TPSA) is 68.4 Å². The van der Waals surface area contributed by atoms with Crippen LogP contribution in [0.4, 0.5) is 5.82 Å². The Bertz CT molecular complexity index is 1240. The molecular formula is C20H16N4O2. The Hall–Kier alpha value is -3.41.